The summed E-state index contributed by atoms with van der Waals surface area (Å²) in [5, 5.41) is 3.49. The fourth-order valence-electron chi connectivity index (χ4n) is 4.51. The molecule has 6 nitrogen and oxygen atoms in total. The van der Waals surface area contributed by atoms with Crippen LogP contribution in [-0.2, 0) is 9.47 Å². The van der Waals surface area contributed by atoms with Crippen LogP contribution in [0, 0.1) is 0 Å². The van der Waals surface area contributed by atoms with Crippen molar-refractivity contribution in [2.75, 3.05) is 45.9 Å². The third kappa shape index (κ3) is 5.11. The molecule has 1 N–H and O–H groups in total. The number of aliphatic imine (C=N–C) groups is 1. The number of nitrogens with zero attached hydrogens (tertiary/aromatic N) is 3. The Kier molecular flexibility index (Phi) is 7.58. The fourth-order valence-corrected chi connectivity index (χ4v) is 4.51. The third-order valence-electron chi connectivity index (χ3n) is 6.03. The van der Waals surface area contributed by atoms with E-state index >= 15 is 0 Å². The maximum absolute atomic E-state index is 6.00. The fraction of sp³-hybridized carbons (Fsp3) is 0.950. The number of hydrogen-bond acceptors (Lipinski definition) is 4. The Morgan fingerprint density at radius 2 is 1.96 bits per heavy atom. The summed E-state index contributed by atoms with van der Waals surface area (Å²) in [5.41, 5.74) is 0. The van der Waals surface area contributed by atoms with Crippen molar-refractivity contribution in [3.63, 3.8) is 0 Å². The van der Waals surface area contributed by atoms with Gasteiger partial charge in [0.05, 0.1) is 19.3 Å². The highest BCUT2D eigenvalue weighted by Crippen LogP contribution is 2.22. The molecule has 0 saturated carbocycles. The largest absolute Gasteiger partial charge is 0.375 e. The Morgan fingerprint density at radius 1 is 1.12 bits per heavy atom. The van der Waals surface area contributed by atoms with Gasteiger partial charge in [0.15, 0.2) is 5.96 Å². The van der Waals surface area contributed by atoms with Gasteiger partial charge in [-0.15, -0.1) is 0 Å². The van der Waals surface area contributed by atoms with E-state index in [2.05, 4.69) is 35.9 Å². The maximum Gasteiger partial charge on any atom is 0.194 e. The molecular formula is C20H38N4O2. The first-order valence-corrected chi connectivity index (χ1v) is 10.7. The smallest absolute Gasteiger partial charge is 0.194 e. The molecule has 26 heavy (non-hydrogen) atoms. The summed E-state index contributed by atoms with van der Waals surface area (Å²) in [6.07, 6.45) is 6.73. The highest BCUT2D eigenvalue weighted by Gasteiger charge is 2.32. The van der Waals surface area contributed by atoms with E-state index in [0.29, 0.717) is 12.1 Å². The van der Waals surface area contributed by atoms with Crippen LogP contribution in [0.4, 0.5) is 0 Å². The van der Waals surface area contributed by atoms with Crippen molar-refractivity contribution in [1.82, 2.24) is 15.1 Å². The lowest BCUT2D eigenvalue weighted by Gasteiger charge is -2.39. The van der Waals surface area contributed by atoms with Gasteiger partial charge < -0.3 is 19.7 Å². The predicted octanol–water partition coefficient (Wildman–Crippen LogP) is 2.09. The van der Waals surface area contributed by atoms with E-state index in [0.717, 1.165) is 58.2 Å². The third-order valence-corrected chi connectivity index (χ3v) is 6.03. The first kappa shape index (κ1) is 19.9. The second-order valence-corrected chi connectivity index (χ2v) is 8.03. The van der Waals surface area contributed by atoms with Gasteiger partial charge in [-0.25, -0.2) is 0 Å². The molecule has 0 radical (unpaired) electrons. The minimum Gasteiger partial charge on any atom is -0.375 e. The molecule has 4 unspecified atom stereocenters. The lowest BCUT2D eigenvalue weighted by Crippen LogP contribution is -2.53. The summed E-state index contributed by atoms with van der Waals surface area (Å²) in [6.45, 7) is 13.2. The molecule has 4 atom stereocenters. The topological polar surface area (TPSA) is 49.3 Å². The minimum absolute atomic E-state index is 0.176. The normalized spacial score (nSPS) is 32.7. The Balaban J connectivity index is 1.58. The van der Waals surface area contributed by atoms with Crippen molar-refractivity contribution in [2.24, 2.45) is 4.99 Å². The van der Waals surface area contributed by atoms with Crippen LogP contribution in [0.2, 0.25) is 0 Å². The van der Waals surface area contributed by atoms with Crippen LogP contribution in [0.5, 0.6) is 0 Å². The number of nitrogens with one attached hydrogen (secondary N) is 1. The number of likely N-dealkylation sites (tertiary alicyclic amines) is 1. The van der Waals surface area contributed by atoms with Crippen LogP contribution in [0.1, 0.15) is 52.9 Å². The summed E-state index contributed by atoms with van der Waals surface area (Å²) in [7, 11) is 0. The molecule has 0 amide bonds. The van der Waals surface area contributed by atoms with E-state index in [1.807, 2.05) is 0 Å². The van der Waals surface area contributed by atoms with Crippen molar-refractivity contribution in [3.8, 4) is 0 Å². The molecular weight excluding hydrogens is 328 g/mol. The molecule has 3 rings (SSSR count). The second-order valence-electron chi connectivity index (χ2n) is 8.03. The van der Waals surface area contributed by atoms with Crippen molar-refractivity contribution in [3.05, 3.63) is 0 Å². The van der Waals surface area contributed by atoms with Gasteiger partial charge in [0.1, 0.15) is 6.10 Å². The van der Waals surface area contributed by atoms with Gasteiger partial charge in [0.2, 0.25) is 0 Å². The van der Waals surface area contributed by atoms with Gasteiger partial charge in [-0.3, -0.25) is 9.89 Å². The van der Waals surface area contributed by atoms with Crippen LogP contribution in [0.3, 0.4) is 0 Å². The minimum atomic E-state index is 0.176. The average Bonchev–Trinajstić information content (AvgIpc) is 3.20. The summed E-state index contributed by atoms with van der Waals surface area (Å²) in [4.78, 5) is 10.00. The monoisotopic (exact) mass is 366 g/mol. The van der Waals surface area contributed by atoms with Crippen molar-refractivity contribution in [2.45, 2.75) is 77.2 Å². The molecule has 3 aliphatic heterocycles. The van der Waals surface area contributed by atoms with E-state index in [1.165, 1.54) is 25.8 Å². The molecule has 150 valence electrons. The van der Waals surface area contributed by atoms with Crippen molar-refractivity contribution in [1.29, 1.82) is 0 Å². The van der Waals surface area contributed by atoms with Crippen molar-refractivity contribution < 1.29 is 9.47 Å². The van der Waals surface area contributed by atoms with Crippen LogP contribution in [0.25, 0.3) is 0 Å². The molecule has 0 spiro atoms. The van der Waals surface area contributed by atoms with Crippen LogP contribution < -0.4 is 5.32 Å². The molecule has 3 aliphatic rings. The van der Waals surface area contributed by atoms with Gasteiger partial charge in [0.25, 0.3) is 0 Å². The quantitative estimate of drug-likeness (QED) is 0.596. The number of rotatable bonds is 5. The SMILES string of the molecule is CCNC(=NCC(C)N1CCCCC1C)N1CCOC(C2CCCO2)C1. The molecule has 0 aromatic rings. The van der Waals surface area contributed by atoms with Crippen LogP contribution in [-0.4, -0.2) is 86.0 Å². The first-order chi connectivity index (χ1) is 12.7. The van der Waals surface area contributed by atoms with Gasteiger partial charge in [-0.1, -0.05) is 6.42 Å². The van der Waals surface area contributed by atoms with Gasteiger partial charge in [0, 0.05) is 38.3 Å². The van der Waals surface area contributed by atoms with Gasteiger partial charge in [-0.2, -0.15) is 0 Å². The zero-order valence-corrected chi connectivity index (χ0v) is 17.0. The zero-order valence-electron chi connectivity index (χ0n) is 17.0. The molecule has 6 heteroatoms. The van der Waals surface area contributed by atoms with E-state index < -0.39 is 0 Å². The zero-order chi connectivity index (χ0) is 18.4. The Bertz CT molecular complexity index is 453. The number of guanidine groups is 1. The highest BCUT2D eigenvalue weighted by atomic mass is 16.5. The first-order valence-electron chi connectivity index (χ1n) is 10.7. The number of ether oxygens (including phenoxy) is 2. The molecule has 3 saturated heterocycles. The lowest BCUT2D eigenvalue weighted by atomic mass is 10.0. The second kappa shape index (κ2) is 9.90. The number of hydrogen-bond donors (Lipinski definition) is 1. The summed E-state index contributed by atoms with van der Waals surface area (Å²) >= 11 is 0. The predicted molar refractivity (Wildman–Crippen MR) is 106 cm³/mol. The molecule has 0 bridgehead atoms. The number of morpholine rings is 1. The van der Waals surface area contributed by atoms with E-state index in [1.54, 1.807) is 0 Å². The molecule has 3 fully saturated rings. The Labute approximate surface area is 159 Å². The lowest BCUT2D eigenvalue weighted by molar-refractivity contribution is -0.0817. The van der Waals surface area contributed by atoms with E-state index in [4.69, 9.17) is 14.5 Å². The summed E-state index contributed by atoms with van der Waals surface area (Å²) in [5.74, 6) is 1.04. The highest BCUT2D eigenvalue weighted by molar-refractivity contribution is 5.80. The summed E-state index contributed by atoms with van der Waals surface area (Å²) in [6, 6.07) is 1.18. The van der Waals surface area contributed by atoms with Crippen LogP contribution >= 0.6 is 0 Å². The molecule has 0 aromatic heterocycles. The Hall–Kier alpha value is -0.850. The van der Waals surface area contributed by atoms with Crippen molar-refractivity contribution >= 4 is 5.96 Å². The average molecular weight is 367 g/mol. The van der Waals surface area contributed by atoms with Crippen LogP contribution in [0.15, 0.2) is 4.99 Å². The summed E-state index contributed by atoms with van der Waals surface area (Å²) < 4.78 is 11.8. The molecule has 3 heterocycles. The van der Waals surface area contributed by atoms with Gasteiger partial charge >= 0.3 is 0 Å². The van der Waals surface area contributed by atoms with Gasteiger partial charge in [-0.05, 0) is 53.0 Å². The molecule has 0 aromatic carbocycles. The van der Waals surface area contributed by atoms with E-state index in [9.17, 15) is 0 Å². The standard InChI is InChI=1S/C20H38N4O2/c1-4-21-20(22-14-17(3)24-10-6-5-8-16(24)2)23-11-13-26-19(15-23)18-9-7-12-25-18/h16-19H,4-15H2,1-3H3,(H,21,22). The Morgan fingerprint density at radius 3 is 2.69 bits per heavy atom. The molecule has 0 aliphatic carbocycles. The maximum atomic E-state index is 6.00. The van der Waals surface area contributed by atoms with E-state index in [-0.39, 0.29) is 12.2 Å². The number of piperidine rings is 1.